The van der Waals surface area contributed by atoms with Crippen LogP contribution in [0.2, 0.25) is 0 Å². The van der Waals surface area contributed by atoms with Gasteiger partial charge in [0.2, 0.25) is 11.8 Å². The average molecular weight is 366 g/mol. The first-order valence-electron chi connectivity index (χ1n) is 9.36. The zero-order valence-corrected chi connectivity index (χ0v) is 15.7. The van der Waals surface area contributed by atoms with Gasteiger partial charge in [-0.05, 0) is 23.1 Å². The van der Waals surface area contributed by atoms with E-state index in [0.717, 1.165) is 11.1 Å². The van der Waals surface area contributed by atoms with E-state index >= 15 is 0 Å². The van der Waals surface area contributed by atoms with Crippen LogP contribution in [-0.2, 0) is 20.9 Å². The van der Waals surface area contributed by atoms with Crippen molar-refractivity contribution in [3.05, 3.63) is 60.2 Å². The Labute approximate surface area is 160 Å². The highest BCUT2D eigenvalue weighted by Gasteiger charge is 2.29. The summed E-state index contributed by atoms with van der Waals surface area (Å²) in [6, 6.07) is 18.4. The number of benzene rings is 2. The third-order valence-electron chi connectivity index (χ3n) is 4.96. The second-order valence-corrected chi connectivity index (χ2v) is 6.85. The van der Waals surface area contributed by atoms with Gasteiger partial charge in [0.05, 0.1) is 12.5 Å². The standard InChI is InChI=1S/C22H26N2O3/c1-27-14-13-24-16-20(11-12-21(24)25)22(26)23-15-17-7-9-19(10-8-17)18-5-3-2-4-6-18/h2-10,20H,11-16H2,1H3,(H,23,26). The van der Waals surface area contributed by atoms with E-state index in [1.54, 1.807) is 12.0 Å². The van der Waals surface area contributed by atoms with Crippen LogP contribution < -0.4 is 5.32 Å². The summed E-state index contributed by atoms with van der Waals surface area (Å²) in [5.74, 6) is -0.0344. The van der Waals surface area contributed by atoms with Crippen LogP contribution in [0.4, 0.5) is 0 Å². The fourth-order valence-corrected chi connectivity index (χ4v) is 3.33. The third-order valence-corrected chi connectivity index (χ3v) is 4.96. The first-order valence-corrected chi connectivity index (χ1v) is 9.36. The van der Waals surface area contributed by atoms with E-state index in [-0.39, 0.29) is 17.7 Å². The van der Waals surface area contributed by atoms with Gasteiger partial charge in [-0.25, -0.2) is 0 Å². The summed E-state index contributed by atoms with van der Waals surface area (Å²) in [7, 11) is 1.61. The molecular weight excluding hydrogens is 340 g/mol. The fourth-order valence-electron chi connectivity index (χ4n) is 3.33. The largest absolute Gasteiger partial charge is 0.383 e. The maximum Gasteiger partial charge on any atom is 0.225 e. The number of hydrogen-bond acceptors (Lipinski definition) is 3. The Morgan fingerprint density at radius 1 is 1.11 bits per heavy atom. The molecule has 2 aromatic carbocycles. The second-order valence-electron chi connectivity index (χ2n) is 6.85. The summed E-state index contributed by atoms with van der Waals surface area (Å²) in [6.45, 7) is 2.01. The molecular formula is C22H26N2O3. The number of methoxy groups -OCH3 is 1. The highest BCUT2D eigenvalue weighted by atomic mass is 16.5. The van der Waals surface area contributed by atoms with Gasteiger partial charge >= 0.3 is 0 Å². The van der Waals surface area contributed by atoms with Crippen molar-refractivity contribution in [2.75, 3.05) is 26.8 Å². The summed E-state index contributed by atoms with van der Waals surface area (Å²) >= 11 is 0. The number of nitrogens with zero attached hydrogens (tertiary/aromatic N) is 1. The van der Waals surface area contributed by atoms with Gasteiger partial charge in [-0.3, -0.25) is 9.59 Å². The molecule has 1 aliphatic rings. The average Bonchev–Trinajstić information content (AvgIpc) is 2.72. The lowest BCUT2D eigenvalue weighted by molar-refractivity contribution is -0.138. The molecule has 5 nitrogen and oxygen atoms in total. The fraction of sp³-hybridized carbons (Fsp3) is 0.364. The highest BCUT2D eigenvalue weighted by molar-refractivity contribution is 5.83. The molecule has 0 aromatic heterocycles. The van der Waals surface area contributed by atoms with E-state index in [1.165, 1.54) is 5.56 Å². The van der Waals surface area contributed by atoms with E-state index in [1.807, 2.05) is 30.3 Å². The Bertz CT molecular complexity index is 759. The molecule has 1 aliphatic heterocycles. The van der Waals surface area contributed by atoms with E-state index in [2.05, 4.69) is 29.6 Å². The lowest BCUT2D eigenvalue weighted by atomic mass is 9.96. The topological polar surface area (TPSA) is 58.6 Å². The zero-order chi connectivity index (χ0) is 19.1. The molecule has 2 aromatic rings. The van der Waals surface area contributed by atoms with Crippen molar-refractivity contribution in [2.45, 2.75) is 19.4 Å². The predicted octanol–water partition coefficient (Wildman–Crippen LogP) is 2.85. The molecule has 1 N–H and O–H groups in total. The number of hydrogen-bond donors (Lipinski definition) is 1. The molecule has 0 aliphatic carbocycles. The molecule has 1 heterocycles. The van der Waals surface area contributed by atoms with Crippen molar-refractivity contribution in [1.29, 1.82) is 0 Å². The molecule has 5 heteroatoms. The minimum atomic E-state index is -0.150. The minimum absolute atomic E-state index is 0.0112. The second kappa shape index (κ2) is 9.33. The van der Waals surface area contributed by atoms with Gasteiger partial charge in [-0.1, -0.05) is 54.6 Å². The molecule has 1 atom stereocenters. The Morgan fingerprint density at radius 2 is 1.81 bits per heavy atom. The number of piperidine rings is 1. The van der Waals surface area contributed by atoms with Gasteiger partial charge in [0.25, 0.3) is 0 Å². The number of nitrogens with one attached hydrogen (secondary N) is 1. The summed E-state index contributed by atoms with van der Waals surface area (Å²) in [5.41, 5.74) is 3.40. The summed E-state index contributed by atoms with van der Waals surface area (Å²) in [5, 5.41) is 3.01. The van der Waals surface area contributed by atoms with Crippen LogP contribution in [0.5, 0.6) is 0 Å². The number of likely N-dealkylation sites (tertiary alicyclic amines) is 1. The van der Waals surface area contributed by atoms with Crippen LogP contribution in [0.3, 0.4) is 0 Å². The van der Waals surface area contributed by atoms with E-state index in [4.69, 9.17) is 4.74 Å². The first kappa shape index (κ1) is 19.1. The van der Waals surface area contributed by atoms with Gasteiger partial charge in [-0.2, -0.15) is 0 Å². The van der Waals surface area contributed by atoms with Gasteiger partial charge < -0.3 is 15.0 Å². The molecule has 1 unspecified atom stereocenters. The lowest BCUT2D eigenvalue weighted by Crippen LogP contribution is -2.46. The van der Waals surface area contributed by atoms with Gasteiger partial charge in [0, 0.05) is 33.2 Å². The van der Waals surface area contributed by atoms with Crippen molar-refractivity contribution < 1.29 is 14.3 Å². The number of ether oxygens (including phenoxy) is 1. The molecule has 0 bridgehead atoms. The van der Waals surface area contributed by atoms with Crippen molar-refractivity contribution in [3.63, 3.8) is 0 Å². The molecule has 3 rings (SSSR count). The maximum atomic E-state index is 12.5. The van der Waals surface area contributed by atoms with Crippen molar-refractivity contribution >= 4 is 11.8 Å². The molecule has 0 saturated carbocycles. The van der Waals surface area contributed by atoms with E-state index in [0.29, 0.717) is 39.1 Å². The first-order chi connectivity index (χ1) is 13.2. The SMILES string of the molecule is COCCN1CC(C(=O)NCc2ccc(-c3ccccc3)cc2)CCC1=O. The normalized spacial score (nSPS) is 17.0. The smallest absolute Gasteiger partial charge is 0.225 e. The Morgan fingerprint density at radius 3 is 2.52 bits per heavy atom. The summed E-state index contributed by atoms with van der Waals surface area (Å²) in [6.07, 6.45) is 1.04. The van der Waals surface area contributed by atoms with Crippen LogP contribution in [0.25, 0.3) is 11.1 Å². The Hall–Kier alpha value is -2.66. The molecule has 0 radical (unpaired) electrons. The van der Waals surface area contributed by atoms with Gasteiger partial charge in [0.1, 0.15) is 0 Å². The van der Waals surface area contributed by atoms with Crippen LogP contribution >= 0.6 is 0 Å². The quantitative estimate of drug-likeness (QED) is 0.820. The molecule has 0 spiro atoms. The van der Waals surface area contributed by atoms with Crippen LogP contribution in [0, 0.1) is 5.92 Å². The monoisotopic (exact) mass is 366 g/mol. The van der Waals surface area contributed by atoms with Crippen LogP contribution in [-0.4, -0.2) is 43.5 Å². The van der Waals surface area contributed by atoms with Gasteiger partial charge in [-0.15, -0.1) is 0 Å². The van der Waals surface area contributed by atoms with E-state index in [9.17, 15) is 9.59 Å². The molecule has 2 amide bonds. The Kier molecular flexibility index (Phi) is 6.60. The molecule has 27 heavy (non-hydrogen) atoms. The minimum Gasteiger partial charge on any atom is -0.383 e. The maximum absolute atomic E-state index is 12.5. The number of amides is 2. The summed E-state index contributed by atoms with van der Waals surface area (Å²) < 4.78 is 5.04. The van der Waals surface area contributed by atoms with Crippen LogP contribution in [0.1, 0.15) is 18.4 Å². The summed E-state index contributed by atoms with van der Waals surface area (Å²) in [4.78, 5) is 26.2. The number of carbonyl (C=O) groups excluding carboxylic acids is 2. The molecule has 1 saturated heterocycles. The number of carbonyl (C=O) groups is 2. The third kappa shape index (κ3) is 5.17. The van der Waals surface area contributed by atoms with Crippen molar-refractivity contribution in [2.24, 2.45) is 5.92 Å². The van der Waals surface area contributed by atoms with Crippen molar-refractivity contribution in [3.8, 4) is 11.1 Å². The predicted molar refractivity (Wildman–Crippen MR) is 105 cm³/mol. The van der Waals surface area contributed by atoms with E-state index < -0.39 is 0 Å². The molecule has 142 valence electrons. The van der Waals surface area contributed by atoms with Gasteiger partial charge in [0.15, 0.2) is 0 Å². The number of rotatable bonds is 7. The zero-order valence-electron chi connectivity index (χ0n) is 15.7. The highest BCUT2D eigenvalue weighted by Crippen LogP contribution is 2.20. The van der Waals surface area contributed by atoms with Crippen LogP contribution in [0.15, 0.2) is 54.6 Å². The van der Waals surface area contributed by atoms with Crippen molar-refractivity contribution in [1.82, 2.24) is 10.2 Å². The Balaban J connectivity index is 1.52. The lowest BCUT2D eigenvalue weighted by Gasteiger charge is -2.31. The molecule has 1 fully saturated rings.